The zero-order valence-electron chi connectivity index (χ0n) is 11.6. The summed E-state index contributed by atoms with van der Waals surface area (Å²) in [5.41, 5.74) is 1.61. The summed E-state index contributed by atoms with van der Waals surface area (Å²) in [4.78, 5) is 23.0. The minimum Gasteiger partial charge on any atom is -0.481 e. The minimum atomic E-state index is -0.906. The van der Waals surface area contributed by atoms with Gasteiger partial charge in [0.1, 0.15) is 0 Å². The van der Waals surface area contributed by atoms with Gasteiger partial charge in [0, 0.05) is 6.54 Å². The summed E-state index contributed by atoms with van der Waals surface area (Å²) in [6.07, 6.45) is 0. The van der Waals surface area contributed by atoms with E-state index in [1.165, 1.54) is 0 Å². The van der Waals surface area contributed by atoms with Crippen molar-refractivity contribution in [3.63, 3.8) is 0 Å². The molecular formula is C13H19N3O3. The Kier molecular flexibility index (Phi) is 4.97. The largest absolute Gasteiger partial charge is 0.481 e. The van der Waals surface area contributed by atoms with Gasteiger partial charge in [0.25, 0.3) is 5.91 Å². The predicted octanol–water partition coefficient (Wildman–Crippen LogP) is 1.18. The first-order valence-electron chi connectivity index (χ1n) is 6.14. The average molecular weight is 265 g/mol. The van der Waals surface area contributed by atoms with E-state index in [0.29, 0.717) is 17.0 Å². The molecule has 0 aliphatic rings. The summed E-state index contributed by atoms with van der Waals surface area (Å²) in [6.45, 7) is 7.17. The number of nitrogens with one attached hydrogen (secondary N) is 1. The molecule has 6 heteroatoms. The molecule has 6 nitrogen and oxygen atoms in total. The van der Waals surface area contributed by atoms with Crippen molar-refractivity contribution in [1.29, 1.82) is 0 Å². The van der Waals surface area contributed by atoms with Gasteiger partial charge in [-0.25, -0.2) is 0 Å². The second-order valence-corrected chi connectivity index (χ2v) is 4.88. The molecule has 1 amide bonds. The summed E-state index contributed by atoms with van der Waals surface area (Å²) in [7, 11) is 0. The van der Waals surface area contributed by atoms with Gasteiger partial charge in [-0.05, 0) is 25.8 Å². The van der Waals surface area contributed by atoms with Gasteiger partial charge >= 0.3 is 5.97 Å². The highest BCUT2D eigenvalue weighted by atomic mass is 16.4. The van der Waals surface area contributed by atoms with E-state index in [-0.39, 0.29) is 18.4 Å². The Morgan fingerprint density at radius 2 is 1.95 bits per heavy atom. The Bertz CT molecular complexity index is 486. The maximum Gasteiger partial charge on any atom is 0.308 e. The van der Waals surface area contributed by atoms with Crippen LogP contribution in [0.25, 0.3) is 0 Å². The second-order valence-electron chi connectivity index (χ2n) is 4.88. The van der Waals surface area contributed by atoms with Crippen molar-refractivity contribution in [1.82, 2.24) is 15.5 Å². The van der Waals surface area contributed by atoms with Crippen LogP contribution in [0.15, 0.2) is 6.07 Å². The SMILES string of the molecule is Cc1cc(C(=O)NCC(C(=O)O)C(C)C)c(C)nn1. The Labute approximate surface area is 112 Å². The first-order valence-corrected chi connectivity index (χ1v) is 6.14. The third-order valence-electron chi connectivity index (χ3n) is 2.95. The van der Waals surface area contributed by atoms with Gasteiger partial charge in [-0.15, -0.1) is 0 Å². The van der Waals surface area contributed by atoms with Gasteiger partial charge in [0.2, 0.25) is 0 Å². The summed E-state index contributed by atoms with van der Waals surface area (Å²) in [5.74, 6) is -1.87. The lowest BCUT2D eigenvalue weighted by Gasteiger charge is -2.17. The number of hydrogen-bond donors (Lipinski definition) is 2. The van der Waals surface area contributed by atoms with Crippen LogP contribution in [-0.4, -0.2) is 33.7 Å². The Balaban J connectivity index is 2.75. The van der Waals surface area contributed by atoms with E-state index in [4.69, 9.17) is 5.11 Å². The quantitative estimate of drug-likeness (QED) is 0.834. The van der Waals surface area contributed by atoms with Crippen molar-refractivity contribution in [2.45, 2.75) is 27.7 Å². The molecule has 1 heterocycles. The number of carboxylic acids is 1. The third-order valence-corrected chi connectivity index (χ3v) is 2.95. The van der Waals surface area contributed by atoms with Gasteiger partial charge in [-0.3, -0.25) is 9.59 Å². The van der Waals surface area contributed by atoms with Crippen LogP contribution >= 0.6 is 0 Å². The number of carboxylic acid groups (broad SMARTS) is 1. The highest BCUT2D eigenvalue weighted by molar-refractivity contribution is 5.95. The fourth-order valence-electron chi connectivity index (χ4n) is 1.69. The van der Waals surface area contributed by atoms with E-state index >= 15 is 0 Å². The molecule has 0 fully saturated rings. The number of nitrogens with zero attached hydrogens (tertiary/aromatic N) is 2. The minimum absolute atomic E-state index is 0.0452. The van der Waals surface area contributed by atoms with Crippen LogP contribution in [0.5, 0.6) is 0 Å². The first-order chi connectivity index (χ1) is 8.82. The summed E-state index contributed by atoms with van der Waals surface area (Å²) >= 11 is 0. The number of aliphatic carboxylic acids is 1. The lowest BCUT2D eigenvalue weighted by molar-refractivity contribution is -0.142. The topological polar surface area (TPSA) is 92.2 Å². The molecule has 0 spiro atoms. The number of hydrogen-bond acceptors (Lipinski definition) is 4. The van der Waals surface area contributed by atoms with Gasteiger partial charge in [-0.2, -0.15) is 10.2 Å². The van der Waals surface area contributed by atoms with Crippen molar-refractivity contribution in [3.8, 4) is 0 Å². The molecule has 0 saturated carbocycles. The van der Waals surface area contributed by atoms with E-state index in [2.05, 4.69) is 15.5 Å². The molecule has 0 aliphatic carbocycles. The Hall–Kier alpha value is -1.98. The first kappa shape index (κ1) is 15.1. The van der Waals surface area contributed by atoms with Crippen molar-refractivity contribution >= 4 is 11.9 Å². The maximum absolute atomic E-state index is 12.0. The van der Waals surface area contributed by atoms with Crippen LogP contribution in [0.1, 0.15) is 35.6 Å². The average Bonchev–Trinajstić information content (AvgIpc) is 2.31. The Morgan fingerprint density at radius 3 is 2.47 bits per heavy atom. The number of rotatable bonds is 5. The molecular weight excluding hydrogens is 246 g/mol. The number of carbonyl (C=O) groups excluding carboxylic acids is 1. The molecule has 2 N–H and O–H groups in total. The van der Waals surface area contributed by atoms with Gasteiger partial charge < -0.3 is 10.4 Å². The normalized spacial score (nSPS) is 12.3. The number of aromatic nitrogens is 2. The summed E-state index contributed by atoms with van der Waals surface area (Å²) < 4.78 is 0. The zero-order chi connectivity index (χ0) is 14.6. The molecule has 1 rings (SSSR count). The molecule has 0 bridgehead atoms. The molecule has 1 unspecified atom stereocenters. The molecule has 1 aromatic heterocycles. The van der Waals surface area contributed by atoms with Crippen LogP contribution in [0.2, 0.25) is 0 Å². The van der Waals surface area contributed by atoms with Crippen LogP contribution < -0.4 is 5.32 Å². The van der Waals surface area contributed by atoms with E-state index in [1.807, 2.05) is 13.8 Å². The van der Waals surface area contributed by atoms with E-state index in [0.717, 1.165) is 0 Å². The van der Waals surface area contributed by atoms with Crippen LogP contribution in [0, 0.1) is 25.7 Å². The number of aryl methyl sites for hydroxylation is 2. The van der Waals surface area contributed by atoms with Crippen molar-refractivity contribution in [3.05, 3.63) is 23.0 Å². The standard InChI is InChI=1S/C13H19N3O3/c1-7(2)11(13(18)19)6-14-12(17)10-5-8(3)15-16-9(10)4/h5,7,11H,6H2,1-4H3,(H,14,17)(H,18,19). The fraction of sp³-hybridized carbons (Fsp3) is 0.538. The molecule has 0 saturated heterocycles. The van der Waals surface area contributed by atoms with Crippen molar-refractivity contribution < 1.29 is 14.7 Å². The second kappa shape index (κ2) is 6.26. The highest BCUT2D eigenvalue weighted by Crippen LogP contribution is 2.11. The molecule has 19 heavy (non-hydrogen) atoms. The van der Waals surface area contributed by atoms with E-state index in [9.17, 15) is 9.59 Å². The monoisotopic (exact) mass is 265 g/mol. The molecule has 1 atom stereocenters. The predicted molar refractivity (Wildman–Crippen MR) is 69.8 cm³/mol. The summed E-state index contributed by atoms with van der Waals surface area (Å²) in [5, 5.41) is 19.4. The van der Waals surface area contributed by atoms with Crippen molar-refractivity contribution in [2.24, 2.45) is 11.8 Å². The van der Waals surface area contributed by atoms with Gasteiger partial charge in [0.15, 0.2) is 0 Å². The molecule has 1 aromatic rings. The molecule has 104 valence electrons. The van der Waals surface area contributed by atoms with Gasteiger partial charge in [-0.1, -0.05) is 13.8 Å². The Morgan fingerprint density at radius 1 is 1.32 bits per heavy atom. The highest BCUT2D eigenvalue weighted by Gasteiger charge is 2.22. The molecule has 0 aromatic carbocycles. The fourth-order valence-corrected chi connectivity index (χ4v) is 1.69. The van der Waals surface area contributed by atoms with E-state index in [1.54, 1.807) is 19.9 Å². The maximum atomic E-state index is 12.0. The van der Waals surface area contributed by atoms with Crippen LogP contribution in [-0.2, 0) is 4.79 Å². The van der Waals surface area contributed by atoms with Gasteiger partial charge in [0.05, 0.1) is 22.9 Å². The lowest BCUT2D eigenvalue weighted by Crippen LogP contribution is -2.36. The molecule has 0 aliphatic heterocycles. The zero-order valence-corrected chi connectivity index (χ0v) is 11.6. The summed E-state index contributed by atoms with van der Waals surface area (Å²) in [6, 6.07) is 1.64. The van der Waals surface area contributed by atoms with E-state index < -0.39 is 11.9 Å². The number of carbonyl (C=O) groups is 2. The smallest absolute Gasteiger partial charge is 0.308 e. The third kappa shape index (κ3) is 4.01. The lowest BCUT2D eigenvalue weighted by atomic mass is 9.96. The van der Waals surface area contributed by atoms with Crippen LogP contribution in [0.4, 0.5) is 0 Å². The van der Waals surface area contributed by atoms with Crippen molar-refractivity contribution in [2.75, 3.05) is 6.54 Å². The molecule has 0 radical (unpaired) electrons. The van der Waals surface area contributed by atoms with Crippen LogP contribution in [0.3, 0.4) is 0 Å². The number of amides is 1.